The zero-order valence-corrected chi connectivity index (χ0v) is 9.42. The first-order valence-electron chi connectivity index (χ1n) is 5.68. The summed E-state index contributed by atoms with van der Waals surface area (Å²) in [6.45, 7) is 8.83. The first kappa shape index (κ1) is 12.0. The molecule has 1 rings (SSSR count). The molecule has 1 heterocycles. The lowest BCUT2D eigenvalue weighted by Gasteiger charge is -2.23. The summed E-state index contributed by atoms with van der Waals surface area (Å²) in [5.41, 5.74) is 0. The molecule has 1 N–H and O–H groups in total. The summed E-state index contributed by atoms with van der Waals surface area (Å²) < 4.78 is 10.8. The lowest BCUT2D eigenvalue weighted by molar-refractivity contribution is 0.0706. The Morgan fingerprint density at radius 2 is 2.07 bits per heavy atom. The Morgan fingerprint density at radius 1 is 1.36 bits per heavy atom. The molecule has 0 aromatic rings. The van der Waals surface area contributed by atoms with Gasteiger partial charge in [0, 0.05) is 32.4 Å². The van der Waals surface area contributed by atoms with E-state index in [0.29, 0.717) is 12.0 Å². The van der Waals surface area contributed by atoms with Crippen molar-refractivity contribution in [2.24, 2.45) is 5.92 Å². The minimum absolute atomic E-state index is 0.637. The molecule has 0 radical (unpaired) electrons. The average molecular weight is 201 g/mol. The van der Waals surface area contributed by atoms with Gasteiger partial charge in [0.2, 0.25) is 0 Å². The van der Waals surface area contributed by atoms with E-state index in [2.05, 4.69) is 19.2 Å². The fraction of sp³-hybridized carbons (Fsp3) is 1.00. The quantitative estimate of drug-likeness (QED) is 0.659. The highest BCUT2D eigenvalue weighted by Gasteiger charge is 2.11. The van der Waals surface area contributed by atoms with Crippen LogP contribution in [0.1, 0.15) is 26.7 Å². The van der Waals surface area contributed by atoms with Crippen LogP contribution in [0.4, 0.5) is 0 Å². The van der Waals surface area contributed by atoms with E-state index in [4.69, 9.17) is 9.47 Å². The summed E-state index contributed by atoms with van der Waals surface area (Å²) in [6.07, 6.45) is 2.29. The number of hydrogen-bond donors (Lipinski definition) is 1. The van der Waals surface area contributed by atoms with Gasteiger partial charge in [-0.1, -0.05) is 13.8 Å². The van der Waals surface area contributed by atoms with Crippen molar-refractivity contribution in [2.75, 3.05) is 33.0 Å². The summed E-state index contributed by atoms with van der Waals surface area (Å²) in [5, 5.41) is 3.49. The highest BCUT2D eigenvalue weighted by atomic mass is 16.5. The van der Waals surface area contributed by atoms with Gasteiger partial charge in [-0.05, 0) is 18.8 Å². The van der Waals surface area contributed by atoms with E-state index < -0.39 is 0 Å². The molecule has 0 aliphatic carbocycles. The summed E-state index contributed by atoms with van der Waals surface area (Å²) in [7, 11) is 0. The van der Waals surface area contributed by atoms with E-state index in [1.54, 1.807) is 0 Å². The van der Waals surface area contributed by atoms with Crippen molar-refractivity contribution in [1.29, 1.82) is 0 Å². The fourth-order valence-electron chi connectivity index (χ4n) is 1.56. The number of rotatable bonds is 6. The van der Waals surface area contributed by atoms with Crippen LogP contribution in [0.5, 0.6) is 0 Å². The lowest BCUT2D eigenvalue weighted by Crippen LogP contribution is -2.36. The van der Waals surface area contributed by atoms with Crippen LogP contribution in [0.15, 0.2) is 0 Å². The lowest BCUT2D eigenvalue weighted by atomic mass is 10.1. The van der Waals surface area contributed by atoms with Gasteiger partial charge < -0.3 is 14.8 Å². The van der Waals surface area contributed by atoms with Crippen molar-refractivity contribution in [1.82, 2.24) is 5.32 Å². The molecule has 0 amide bonds. The summed E-state index contributed by atoms with van der Waals surface area (Å²) in [5.74, 6) is 0.637. The topological polar surface area (TPSA) is 30.5 Å². The van der Waals surface area contributed by atoms with Gasteiger partial charge in [-0.25, -0.2) is 0 Å². The van der Waals surface area contributed by atoms with Crippen LogP contribution in [-0.2, 0) is 9.47 Å². The molecule has 0 saturated carbocycles. The molecule has 1 fully saturated rings. The van der Waals surface area contributed by atoms with Crippen LogP contribution in [-0.4, -0.2) is 39.0 Å². The second-order valence-corrected chi connectivity index (χ2v) is 4.31. The SMILES string of the molecule is CC(C)COCCNC1CCOCC1. The first-order valence-corrected chi connectivity index (χ1v) is 5.68. The van der Waals surface area contributed by atoms with Crippen molar-refractivity contribution < 1.29 is 9.47 Å². The predicted octanol–water partition coefficient (Wildman–Crippen LogP) is 1.43. The Labute approximate surface area is 87.2 Å². The molecule has 14 heavy (non-hydrogen) atoms. The monoisotopic (exact) mass is 201 g/mol. The zero-order chi connectivity index (χ0) is 10.2. The highest BCUT2D eigenvalue weighted by Crippen LogP contribution is 2.05. The molecule has 0 atom stereocenters. The molecule has 1 saturated heterocycles. The first-order chi connectivity index (χ1) is 6.79. The Bertz CT molecular complexity index is 133. The number of hydrogen-bond acceptors (Lipinski definition) is 3. The average Bonchev–Trinajstić information content (AvgIpc) is 2.18. The molecule has 84 valence electrons. The molecule has 3 heteroatoms. The van der Waals surface area contributed by atoms with Crippen LogP contribution >= 0.6 is 0 Å². The van der Waals surface area contributed by atoms with Crippen molar-refractivity contribution in [3.05, 3.63) is 0 Å². The Morgan fingerprint density at radius 3 is 2.71 bits per heavy atom. The van der Waals surface area contributed by atoms with Gasteiger partial charge in [0.1, 0.15) is 0 Å². The predicted molar refractivity (Wildman–Crippen MR) is 57.5 cm³/mol. The third kappa shape index (κ3) is 5.58. The molecule has 1 aliphatic rings. The van der Waals surface area contributed by atoms with Gasteiger partial charge in [0.05, 0.1) is 6.61 Å². The zero-order valence-electron chi connectivity index (χ0n) is 9.42. The summed E-state index contributed by atoms with van der Waals surface area (Å²) in [6, 6.07) is 0.645. The highest BCUT2D eigenvalue weighted by molar-refractivity contribution is 4.69. The van der Waals surface area contributed by atoms with Crippen LogP contribution < -0.4 is 5.32 Å². The molecule has 3 nitrogen and oxygen atoms in total. The van der Waals surface area contributed by atoms with Crippen molar-refractivity contribution in [3.8, 4) is 0 Å². The third-order valence-corrected chi connectivity index (χ3v) is 2.35. The van der Waals surface area contributed by atoms with Crippen molar-refractivity contribution >= 4 is 0 Å². The summed E-state index contributed by atoms with van der Waals surface area (Å²) in [4.78, 5) is 0. The maximum Gasteiger partial charge on any atom is 0.0591 e. The maximum atomic E-state index is 5.49. The van der Waals surface area contributed by atoms with Crippen LogP contribution in [0.2, 0.25) is 0 Å². The number of ether oxygens (including phenoxy) is 2. The summed E-state index contributed by atoms with van der Waals surface area (Å²) >= 11 is 0. The molecule has 0 aromatic heterocycles. The molecule has 0 unspecified atom stereocenters. The minimum atomic E-state index is 0.637. The normalized spacial score (nSPS) is 19.1. The third-order valence-electron chi connectivity index (χ3n) is 2.35. The van der Waals surface area contributed by atoms with Crippen molar-refractivity contribution in [3.63, 3.8) is 0 Å². The second kappa shape index (κ2) is 7.21. The molecule has 0 bridgehead atoms. The largest absolute Gasteiger partial charge is 0.381 e. The fourth-order valence-corrected chi connectivity index (χ4v) is 1.56. The minimum Gasteiger partial charge on any atom is -0.381 e. The van der Waals surface area contributed by atoms with E-state index in [0.717, 1.165) is 45.8 Å². The van der Waals surface area contributed by atoms with Crippen molar-refractivity contribution in [2.45, 2.75) is 32.7 Å². The van der Waals surface area contributed by atoms with Gasteiger partial charge in [-0.3, -0.25) is 0 Å². The molecule has 1 aliphatic heterocycles. The van der Waals surface area contributed by atoms with E-state index >= 15 is 0 Å². The van der Waals surface area contributed by atoms with Gasteiger partial charge in [-0.2, -0.15) is 0 Å². The Balaban J connectivity index is 1.87. The Hall–Kier alpha value is -0.120. The van der Waals surface area contributed by atoms with Gasteiger partial charge in [-0.15, -0.1) is 0 Å². The smallest absolute Gasteiger partial charge is 0.0591 e. The van der Waals surface area contributed by atoms with Gasteiger partial charge >= 0.3 is 0 Å². The van der Waals surface area contributed by atoms with Crippen LogP contribution in [0.25, 0.3) is 0 Å². The molecule has 0 spiro atoms. The van der Waals surface area contributed by atoms with E-state index in [1.807, 2.05) is 0 Å². The maximum absolute atomic E-state index is 5.49. The van der Waals surface area contributed by atoms with E-state index in [1.165, 1.54) is 0 Å². The molecular weight excluding hydrogens is 178 g/mol. The molecular formula is C11H23NO2. The second-order valence-electron chi connectivity index (χ2n) is 4.31. The van der Waals surface area contributed by atoms with E-state index in [9.17, 15) is 0 Å². The van der Waals surface area contributed by atoms with Gasteiger partial charge in [0.15, 0.2) is 0 Å². The van der Waals surface area contributed by atoms with Gasteiger partial charge in [0.25, 0.3) is 0 Å². The van der Waals surface area contributed by atoms with E-state index in [-0.39, 0.29) is 0 Å². The van der Waals surface area contributed by atoms with Crippen LogP contribution in [0.3, 0.4) is 0 Å². The number of nitrogens with one attached hydrogen (secondary N) is 1. The Kier molecular flexibility index (Phi) is 6.15. The van der Waals surface area contributed by atoms with Crippen LogP contribution in [0, 0.1) is 5.92 Å². The standard InChI is InChI=1S/C11H23NO2/c1-10(2)9-14-8-5-12-11-3-6-13-7-4-11/h10-12H,3-9H2,1-2H3. The molecule has 0 aromatic carbocycles.